The Hall–Kier alpha value is -3.49. The van der Waals surface area contributed by atoms with Gasteiger partial charge in [0.15, 0.2) is 11.4 Å². The summed E-state index contributed by atoms with van der Waals surface area (Å²) < 4.78 is 5.20. The SMILES string of the molecule is COc1ccc(NC(=O)C2CC2)cc1NC(=O)c1nccnc1C(=O)O. The Kier molecular flexibility index (Phi) is 4.78. The lowest BCUT2D eigenvalue weighted by Crippen LogP contribution is -2.20. The fraction of sp³-hybridized carbons (Fsp3) is 0.235. The van der Waals surface area contributed by atoms with Gasteiger partial charge in [0.1, 0.15) is 5.75 Å². The van der Waals surface area contributed by atoms with Gasteiger partial charge in [-0.2, -0.15) is 0 Å². The van der Waals surface area contributed by atoms with Gasteiger partial charge in [-0.3, -0.25) is 9.59 Å². The summed E-state index contributed by atoms with van der Waals surface area (Å²) in [7, 11) is 1.43. The normalized spacial score (nSPS) is 13.0. The second-order valence-electron chi connectivity index (χ2n) is 5.69. The lowest BCUT2D eigenvalue weighted by atomic mass is 10.2. The zero-order valence-corrected chi connectivity index (χ0v) is 13.9. The minimum absolute atomic E-state index is 0.0351. The van der Waals surface area contributed by atoms with Crippen molar-refractivity contribution in [2.24, 2.45) is 5.92 Å². The molecule has 0 atom stereocenters. The number of anilines is 2. The third-order valence-electron chi connectivity index (χ3n) is 3.78. The fourth-order valence-corrected chi connectivity index (χ4v) is 2.32. The number of rotatable bonds is 6. The number of carboxylic acids is 1. The van der Waals surface area contributed by atoms with Gasteiger partial charge in [0.05, 0.1) is 12.8 Å². The third-order valence-corrected chi connectivity index (χ3v) is 3.78. The molecule has 26 heavy (non-hydrogen) atoms. The van der Waals surface area contributed by atoms with Gasteiger partial charge in [0, 0.05) is 24.0 Å². The molecule has 9 heteroatoms. The maximum Gasteiger partial charge on any atom is 0.356 e. The Morgan fingerprint density at radius 3 is 2.42 bits per heavy atom. The van der Waals surface area contributed by atoms with Gasteiger partial charge in [-0.1, -0.05) is 0 Å². The van der Waals surface area contributed by atoms with E-state index in [1.807, 2.05) is 0 Å². The number of benzene rings is 1. The van der Waals surface area contributed by atoms with Gasteiger partial charge in [0.2, 0.25) is 5.91 Å². The van der Waals surface area contributed by atoms with E-state index in [4.69, 9.17) is 9.84 Å². The maximum absolute atomic E-state index is 12.4. The monoisotopic (exact) mass is 356 g/mol. The summed E-state index contributed by atoms with van der Waals surface area (Å²) in [5.41, 5.74) is -0.0136. The molecule has 1 aliphatic rings. The van der Waals surface area contributed by atoms with Crippen LogP contribution < -0.4 is 15.4 Å². The molecule has 3 rings (SSSR count). The molecule has 0 spiro atoms. The fourth-order valence-electron chi connectivity index (χ4n) is 2.32. The Morgan fingerprint density at radius 2 is 1.81 bits per heavy atom. The van der Waals surface area contributed by atoms with E-state index in [1.165, 1.54) is 25.6 Å². The van der Waals surface area contributed by atoms with Gasteiger partial charge < -0.3 is 20.5 Å². The standard InChI is InChI=1S/C17H16N4O5/c1-26-12-5-4-10(20-15(22)9-2-3-9)8-11(12)21-16(23)13-14(17(24)25)19-7-6-18-13/h4-9H,2-3H2,1H3,(H,20,22)(H,21,23)(H,24,25). The van der Waals surface area contributed by atoms with Crippen LogP contribution in [0.2, 0.25) is 0 Å². The predicted molar refractivity (Wildman–Crippen MR) is 91.3 cm³/mol. The molecule has 1 fully saturated rings. The predicted octanol–water partition coefficient (Wildman–Crippen LogP) is 1.78. The van der Waals surface area contributed by atoms with Crippen LogP contribution in [0.4, 0.5) is 11.4 Å². The molecular weight excluding hydrogens is 340 g/mol. The molecule has 1 aliphatic carbocycles. The van der Waals surface area contributed by atoms with Crippen molar-refractivity contribution in [3.8, 4) is 5.75 Å². The molecule has 2 amide bonds. The van der Waals surface area contributed by atoms with Crippen molar-refractivity contribution in [3.05, 3.63) is 42.0 Å². The molecule has 0 aliphatic heterocycles. The molecule has 1 aromatic heterocycles. The quantitative estimate of drug-likeness (QED) is 0.719. The molecule has 2 aromatic rings. The summed E-state index contributed by atoms with van der Waals surface area (Å²) in [4.78, 5) is 43.0. The van der Waals surface area contributed by atoms with Crippen LogP contribution in [-0.2, 0) is 4.79 Å². The zero-order chi connectivity index (χ0) is 18.7. The summed E-state index contributed by atoms with van der Waals surface area (Å²) in [5.74, 6) is -1.80. The first-order valence-corrected chi connectivity index (χ1v) is 7.84. The van der Waals surface area contributed by atoms with E-state index >= 15 is 0 Å². The largest absolute Gasteiger partial charge is 0.495 e. The molecule has 0 radical (unpaired) electrons. The number of nitrogens with zero attached hydrogens (tertiary/aromatic N) is 2. The Balaban J connectivity index is 1.84. The van der Waals surface area contributed by atoms with Gasteiger partial charge in [0.25, 0.3) is 5.91 Å². The number of carboxylic acid groups (broad SMARTS) is 1. The summed E-state index contributed by atoms with van der Waals surface area (Å²) in [5, 5.41) is 14.4. The summed E-state index contributed by atoms with van der Waals surface area (Å²) in [6.45, 7) is 0. The van der Waals surface area contributed by atoms with Crippen LogP contribution in [0, 0.1) is 5.92 Å². The molecule has 1 saturated carbocycles. The molecule has 0 bridgehead atoms. The molecule has 3 N–H and O–H groups in total. The van der Waals surface area contributed by atoms with E-state index in [9.17, 15) is 14.4 Å². The number of aromatic nitrogens is 2. The maximum atomic E-state index is 12.4. The topological polar surface area (TPSA) is 131 Å². The van der Waals surface area contributed by atoms with E-state index in [0.29, 0.717) is 11.4 Å². The van der Waals surface area contributed by atoms with Crippen molar-refractivity contribution in [2.45, 2.75) is 12.8 Å². The number of hydrogen-bond donors (Lipinski definition) is 3. The van der Waals surface area contributed by atoms with Crippen LogP contribution in [0.25, 0.3) is 0 Å². The molecule has 1 heterocycles. The molecule has 0 saturated heterocycles. The highest BCUT2D eigenvalue weighted by Crippen LogP contribution is 2.32. The number of amides is 2. The molecule has 0 unspecified atom stereocenters. The van der Waals surface area contributed by atoms with Gasteiger partial charge in [-0.25, -0.2) is 14.8 Å². The van der Waals surface area contributed by atoms with E-state index < -0.39 is 17.6 Å². The number of aromatic carboxylic acids is 1. The second-order valence-corrected chi connectivity index (χ2v) is 5.69. The minimum Gasteiger partial charge on any atom is -0.495 e. The highest BCUT2D eigenvalue weighted by molar-refractivity contribution is 6.09. The van der Waals surface area contributed by atoms with E-state index in [0.717, 1.165) is 12.8 Å². The van der Waals surface area contributed by atoms with E-state index in [-0.39, 0.29) is 23.2 Å². The smallest absolute Gasteiger partial charge is 0.356 e. The van der Waals surface area contributed by atoms with Crippen LogP contribution in [0.3, 0.4) is 0 Å². The first kappa shape index (κ1) is 17.3. The first-order valence-electron chi connectivity index (χ1n) is 7.84. The average molecular weight is 356 g/mol. The van der Waals surface area contributed by atoms with Crippen LogP contribution >= 0.6 is 0 Å². The Labute approximate surface area is 148 Å². The number of carbonyl (C=O) groups is 3. The molecule has 1 aromatic carbocycles. The third kappa shape index (κ3) is 3.77. The summed E-state index contributed by atoms with van der Waals surface area (Å²) in [6, 6.07) is 4.78. The van der Waals surface area contributed by atoms with Crippen molar-refractivity contribution in [3.63, 3.8) is 0 Å². The lowest BCUT2D eigenvalue weighted by molar-refractivity contribution is -0.117. The van der Waals surface area contributed by atoms with Crippen LogP contribution in [0.1, 0.15) is 33.8 Å². The second kappa shape index (κ2) is 7.18. The van der Waals surface area contributed by atoms with Gasteiger partial charge in [-0.15, -0.1) is 0 Å². The van der Waals surface area contributed by atoms with Crippen LogP contribution in [-0.4, -0.2) is 40.0 Å². The Bertz CT molecular complexity index is 879. The van der Waals surface area contributed by atoms with E-state index in [1.54, 1.807) is 12.1 Å². The summed E-state index contributed by atoms with van der Waals surface area (Å²) in [6.07, 6.45) is 4.16. The Morgan fingerprint density at radius 1 is 1.12 bits per heavy atom. The lowest BCUT2D eigenvalue weighted by Gasteiger charge is -2.13. The van der Waals surface area contributed by atoms with Crippen molar-refractivity contribution in [1.82, 2.24) is 9.97 Å². The van der Waals surface area contributed by atoms with Crippen molar-refractivity contribution in [1.29, 1.82) is 0 Å². The van der Waals surface area contributed by atoms with Crippen LogP contribution in [0.15, 0.2) is 30.6 Å². The summed E-state index contributed by atoms with van der Waals surface area (Å²) >= 11 is 0. The number of hydrogen-bond acceptors (Lipinski definition) is 6. The van der Waals surface area contributed by atoms with Gasteiger partial charge >= 0.3 is 5.97 Å². The number of ether oxygens (including phenoxy) is 1. The average Bonchev–Trinajstić information content (AvgIpc) is 3.47. The van der Waals surface area contributed by atoms with Crippen molar-refractivity contribution < 1.29 is 24.2 Å². The zero-order valence-electron chi connectivity index (χ0n) is 13.9. The van der Waals surface area contributed by atoms with Crippen LogP contribution in [0.5, 0.6) is 5.75 Å². The highest BCUT2D eigenvalue weighted by atomic mass is 16.5. The van der Waals surface area contributed by atoms with Crippen molar-refractivity contribution in [2.75, 3.05) is 17.7 Å². The highest BCUT2D eigenvalue weighted by Gasteiger charge is 2.29. The minimum atomic E-state index is -1.36. The first-order chi connectivity index (χ1) is 12.5. The van der Waals surface area contributed by atoms with Crippen molar-refractivity contribution >= 4 is 29.2 Å². The number of carbonyl (C=O) groups excluding carboxylic acids is 2. The molecular formula is C17H16N4O5. The number of methoxy groups -OCH3 is 1. The molecule has 9 nitrogen and oxygen atoms in total. The van der Waals surface area contributed by atoms with Gasteiger partial charge in [-0.05, 0) is 31.0 Å². The van der Waals surface area contributed by atoms with E-state index in [2.05, 4.69) is 20.6 Å². The molecule has 134 valence electrons. The number of nitrogens with one attached hydrogen (secondary N) is 2.